The molecule has 0 saturated carbocycles. The Morgan fingerprint density at radius 2 is 0.559 bits per heavy atom. The Labute approximate surface area is 890 Å². The van der Waals surface area contributed by atoms with Crippen molar-refractivity contribution in [2.75, 3.05) is 168 Å². The summed E-state index contributed by atoms with van der Waals surface area (Å²) in [5.74, 6) is 27.2. The maximum absolute atomic E-state index is 12.4. The summed E-state index contributed by atoms with van der Waals surface area (Å²) in [6.45, 7) is 37.5. The van der Waals surface area contributed by atoms with Gasteiger partial charge in [0.1, 0.15) is 92.9 Å². The zero-order valence-electron chi connectivity index (χ0n) is 86.8. The second kappa shape index (κ2) is 53.1. The molecule has 6 nitrogen and oxygen atoms in total. The van der Waals surface area contributed by atoms with Crippen LogP contribution in [0.4, 0.5) is 13.2 Å². The lowest BCUT2D eigenvalue weighted by Crippen LogP contribution is -2.26. The monoisotopic (exact) mass is 2130 g/mol. The van der Waals surface area contributed by atoms with Gasteiger partial charge in [0, 0.05) is 162 Å². The first-order valence-corrected chi connectivity index (χ1v) is 65.6. The Bertz CT molecular complexity index is 6160. The number of hydrogen-bond donors (Lipinski definition) is 1. The summed E-state index contributed by atoms with van der Waals surface area (Å²) in [7, 11) is 3.83. The SMILES string of the molecule is CC(C)(C)c1ccc([S+](c2ccccc2)c2ccc(C(C)(C)C)cc2)cc1.CC(C)(C)c1ccc([S+]2CCOCC2)c2ccccc12.CC(C)(C)c1ccc([S+]2CCSCC2)c2ccccc12.CC(C)(C)c1ccc([S+]2CCSCC2)cc1.COCCOc1ccc([S+]2CCSCC2)c2ccccc12.FC(F)(F)COc1ccc([S+]2CCOCC2)c2ccccc12.Oc1ccc([S+]2CCSCC2)c2ccccc12. The minimum atomic E-state index is -4.33. The first kappa shape index (κ1) is 112. The van der Waals surface area contributed by atoms with Crippen molar-refractivity contribution >= 4 is 177 Å². The molecular formula is C123H150F3O6S11+7. The van der Waals surface area contributed by atoms with E-state index in [9.17, 15) is 18.3 Å². The molecule has 14 aromatic rings. The predicted molar refractivity (Wildman–Crippen MR) is 635 cm³/mol. The van der Waals surface area contributed by atoms with Crippen LogP contribution >= 0.6 is 47.0 Å². The summed E-state index contributed by atoms with van der Waals surface area (Å²) in [6, 6.07) is 102. The van der Waals surface area contributed by atoms with Crippen molar-refractivity contribution in [3.05, 3.63) is 313 Å². The predicted octanol–water partition coefficient (Wildman–Crippen LogP) is 30.7. The number of methoxy groups -OCH3 is 1. The van der Waals surface area contributed by atoms with E-state index in [1.165, 1.54) is 203 Å². The van der Waals surface area contributed by atoms with Crippen LogP contribution in [0.2, 0.25) is 0 Å². The highest BCUT2D eigenvalue weighted by atomic mass is 32.2. The van der Waals surface area contributed by atoms with Gasteiger partial charge in [-0.25, -0.2) is 0 Å². The van der Waals surface area contributed by atoms with Crippen LogP contribution in [-0.4, -0.2) is 180 Å². The average Bonchev–Trinajstić information content (AvgIpc) is 0.804. The average molecular weight is 2130 g/mol. The maximum Gasteiger partial charge on any atom is 0.422 e. The first-order chi connectivity index (χ1) is 68.7. The molecule has 6 heterocycles. The molecular weight excluding hydrogens is 1980 g/mol. The van der Waals surface area contributed by atoms with E-state index < -0.39 is 12.8 Å². The molecule has 14 aromatic carbocycles. The number of aromatic hydroxyl groups is 1. The number of ether oxygens (including phenoxy) is 5. The summed E-state index contributed by atoms with van der Waals surface area (Å²) >= 11 is 8.36. The fourth-order valence-corrected chi connectivity index (χ4v) is 40.8. The van der Waals surface area contributed by atoms with Crippen molar-refractivity contribution in [3.63, 3.8) is 0 Å². The normalized spacial score (nSPS) is 16.4. The summed E-state index contributed by atoms with van der Waals surface area (Å²) in [5.41, 5.74) is 8.19. The number of benzene rings is 14. The summed E-state index contributed by atoms with van der Waals surface area (Å²) < 4.78 is 64.0. The number of rotatable bonds is 15. The van der Waals surface area contributed by atoms with Gasteiger partial charge >= 0.3 is 6.18 Å². The van der Waals surface area contributed by atoms with Gasteiger partial charge in [-0.1, -0.05) is 262 Å². The van der Waals surface area contributed by atoms with Crippen LogP contribution in [-0.2, 0) is 118 Å². The van der Waals surface area contributed by atoms with Crippen molar-refractivity contribution < 1.29 is 42.0 Å². The van der Waals surface area contributed by atoms with Gasteiger partial charge in [-0.15, -0.1) is 0 Å². The van der Waals surface area contributed by atoms with Crippen molar-refractivity contribution in [2.24, 2.45) is 0 Å². The molecule has 0 radical (unpaired) electrons. The molecule has 0 atom stereocenters. The van der Waals surface area contributed by atoms with E-state index in [4.69, 9.17) is 23.7 Å². The van der Waals surface area contributed by atoms with Gasteiger partial charge in [-0.3, -0.25) is 0 Å². The van der Waals surface area contributed by atoms with Crippen LogP contribution in [0.25, 0.3) is 53.9 Å². The molecule has 6 fully saturated rings. The number of alkyl halides is 3. The van der Waals surface area contributed by atoms with Crippen LogP contribution in [0.5, 0.6) is 17.2 Å². The highest BCUT2D eigenvalue weighted by Crippen LogP contribution is 2.43. The molecule has 6 aliphatic heterocycles. The molecule has 0 aliphatic carbocycles. The Morgan fingerprint density at radius 1 is 0.280 bits per heavy atom. The van der Waals surface area contributed by atoms with Crippen LogP contribution < -0.4 is 9.47 Å². The van der Waals surface area contributed by atoms with E-state index in [0.29, 0.717) is 73.4 Å². The van der Waals surface area contributed by atoms with Crippen molar-refractivity contribution in [1.82, 2.24) is 0 Å². The van der Waals surface area contributed by atoms with Crippen LogP contribution in [0.1, 0.15) is 132 Å². The topological polar surface area (TPSA) is 66.4 Å². The van der Waals surface area contributed by atoms with Crippen LogP contribution in [0.15, 0.2) is 329 Å². The molecule has 20 rings (SSSR count). The molecule has 0 amide bonds. The number of phenolic OH excluding ortho intramolecular Hbond substituents is 1. The Balaban J connectivity index is 0.000000133. The third-order valence-electron chi connectivity index (χ3n) is 26.1. The zero-order valence-corrected chi connectivity index (χ0v) is 95.8. The fourth-order valence-electron chi connectivity index (χ4n) is 18.3. The fraction of sp³-hybridized carbons (Fsp3) is 0.398. The van der Waals surface area contributed by atoms with Gasteiger partial charge in [0.15, 0.2) is 50.7 Å². The minimum Gasteiger partial charge on any atom is -0.507 e. The van der Waals surface area contributed by atoms with Crippen LogP contribution in [0, 0.1) is 0 Å². The standard InChI is InChI=1S/C26H31S.C18H23OS.C18H23S2.C17H21O2S2.C16H16F3O2S.C14H14OS2.C14H21S2/c1-25(2,3)20-12-16-23(17-13-20)27(22-10-8-7-9-11-22)24-18-14-21(15-19-24)26(4,5)6;2*1-18(2,3)16-8-9-17(20-12-10-19-11-13-20)15-7-5-4-6-14(15)16;1-18-8-9-19-16-6-7-17(21-12-10-20-11-13-21)15-5-3-2-4-14(15)16;17-16(18,19)11-21-14-5-6-15(22-9-7-20-8-10-22)13-4-2-1-3-12(13)14;15-13-5-6-14(17-9-7-16-8-10-17)12-4-2-1-3-11(12)13;1-14(2,3)12-4-6-13(7-5-12)16-10-8-15-9-11-16/h7-19H,1-6H3;2*4-9H,10-13H2,1-3H3;2-7H,8-13H2,1H3;1-6H,7-11H2;1-6H,7-10H2;4-7H,8-11H2,1-3H3/q5*+1;;+1/p+1. The first-order valence-electron chi connectivity index (χ1n) is 50.4. The van der Waals surface area contributed by atoms with Gasteiger partial charge in [-0.05, 0) is 193 Å². The van der Waals surface area contributed by atoms with Crippen LogP contribution in [0.3, 0.4) is 0 Å². The largest absolute Gasteiger partial charge is 0.507 e. The molecule has 6 aliphatic rings. The van der Waals surface area contributed by atoms with Gasteiger partial charge in [0.05, 0.1) is 43.9 Å². The summed E-state index contributed by atoms with van der Waals surface area (Å²) in [4.78, 5) is 13.0. The molecule has 0 aromatic heterocycles. The van der Waals surface area contributed by atoms with Crippen molar-refractivity contribution in [2.45, 2.75) is 181 Å². The van der Waals surface area contributed by atoms with E-state index >= 15 is 0 Å². The van der Waals surface area contributed by atoms with E-state index in [1.54, 1.807) is 23.0 Å². The molecule has 6 saturated heterocycles. The third-order valence-corrected chi connectivity index (χ3v) is 48.3. The zero-order chi connectivity index (χ0) is 101. The molecule has 0 spiro atoms. The van der Waals surface area contributed by atoms with Gasteiger partial charge in [0.2, 0.25) is 0 Å². The highest BCUT2D eigenvalue weighted by Gasteiger charge is 2.38. The quantitative estimate of drug-likeness (QED) is 0.0793. The number of thioether (sulfide) groups is 4. The number of halogens is 3. The minimum absolute atomic E-state index is 0.0847. The lowest BCUT2D eigenvalue weighted by molar-refractivity contribution is -0.153. The lowest BCUT2D eigenvalue weighted by Gasteiger charge is -2.23. The third kappa shape index (κ3) is 31.5. The van der Waals surface area contributed by atoms with Gasteiger partial charge < -0.3 is 28.8 Å². The van der Waals surface area contributed by atoms with E-state index in [-0.39, 0.29) is 54.6 Å². The molecule has 0 bridgehead atoms. The molecule has 0 unspecified atom stereocenters. The van der Waals surface area contributed by atoms with Crippen molar-refractivity contribution in [1.29, 1.82) is 0 Å². The Kier molecular flexibility index (Phi) is 41.6. The van der Waals surface area contributed by atoms with Gasteiger partial charge in [0.25, 0.3) is 0 Å². The molecule has 20 heteroatoms. The Hall–Kier alpha value is -6.70. The van der Waals surface area contributed by atoms with E-state index in [0.717, 1.165) is 59.8 Å². The van der Waals surface area contributed by atoms with E-state index in [1.807, 2.05) is 48.5 Å². The van der Waals surface area contributed by atoms with Crippen molar-refractivity contribution in [3.8, 4) is 17.2 Å². The maximum atomic E-state index is 12.4. The van der Waals surface area contributed by atoms with E-state index in [2.05, 4.69) is 381 Å². The molecule has 1 N–H and O–H groups in total. The Morgan fingerprint density at radius 3 is 0.902 bits per heavy atom. The number of phenols is 1. The number of hydrogen-bond acceptors (Lipinski definition) is 10. The second-order valence-corrected chi connectivity index (χ2v) is 61.8. The lowest BCUT2D eigenvalue weighted by atomic mass is 9.84. The highest BCUT2D eigenvalue weighted by molar-refractivity contribution is 8.06. The number of fused-ring (bicyclic) bond motifs is 5. The summed E-state index contributed by atoms with van der Waals surface area (Å²) in [6.07, 6.45) is -4.33. The summed E-state index contributed by atoms with van der Waals surface area (Å²) in [5, 5.41) is 22.3. The van der Waals surface area contributed by atoms with Gasteiger partial charge in [-0.2, -0.15) is 60.2 Å². The smallest absolute Gasteiger partial charge is 0.422 e. The molecule has 143 heavy (non-hydrogen) atoms. The second-order valence-electron chi connectivity index (χ2n) is 41.4. The molecule has 758 valence electrons.